The van der Waals surface area contributed by atoms with Gasteiger partial charge in [0.05, 0.1) is 24.2 Å². The molecule has 8 rings (SSSR count). The minimum Gasteiger partial charge on any atom is -0.449 e. The van der Waals surface area contributed by atoms with Crippen LogP contribution in [-0.4, -0.2) is 79.9 Å². The Hall–Kier alpha value is -3.41. The zero-order valence-corrected chi connectivity index (χ0v) is 26.3. The fourth-order valence-electron chi connectivity index (χ4n) is 8.85. The van der Waals surface area contributed by atoms with E-state index < -0.39 is 25.2 Å². The second-order valence-electron chi connectivity index (χ2n) is 14.1. The van der Waals surface area contributed by atoms with Crippen molar-refractivity contribution in [2.75, 3.05) is 26.2 Å². The van der Waals surface area contributed by atoms with Crippen LogP contribution in [0.3, 0.4) is 0 Å². The first kappa shape index (κ1) is 30.3. The lowest BCUT2D eigenvalue weighted by Crippen LogP contribution is -2.65. The van der Waals surface area contributed by atoms with E-state index in [2.05, 4.69) is 43.5 Å². The van der Waals surface area contributed by atoms with Gasteiger partial charge in [0.15, 0.2) is 0 Å². The molecule has 0 radical (unpaired) electrons. The van der Waals surface area contributed by atoms with Crippen LogP contribution in [0.15, 0.2) is 48.5 Å². The van der Waals surface area contributed by atoms with Crippen LogP contribution in [0, 0.1) is 17.3 Å². The number of ether oxygens (including phenoxy) is 1. The van der Waals surface area contributed by atoms with E-state index in [1.165, 1.54) is 6.42 Å². The van der Waals surface area contributed by atoms with Crippen LogP contribution in [0.5, 0.6) is 0 Å². The van der Waals surface area contributed by atoms with E-state index in [0.29, 0.717) is 18.4 Å². The number of nitrogens with one attached hydrogen (secondary N) is 2. The van der Waals surface area contributed by atoms with Crippen molar-refractivity contribution in [3.8, 4) is 11.1 Å². The van der Waals surface area contributed by atoms with Gasteiger partial charge in [-0.25, -0.2) is 4.79 Å². The topological polar surface area (TPSA) is 132 Å². The molecule has 11 heteroatoms. The van der Waals surface area contributed by atoms with Crippen molar-refractivity contribution in [1.29, 1.82) is 0 Å². The Kier molecular flexibility index (Phi) is 7.69. The predicted octanol–water partition coefficient (Wildman–Crippen LogP) is 3.23. The van der Waals surface area contributed by atoms with Crippen LogP contribution in [-0.2, 0) is 23.6 Å². The van der Waals surface area contributed by atoms with E-state index in [9.17, 15) is 14.4 Å². The zero-order valence-electron chi connectivity index (χ0n) is 26.3. The molecule has 4 aliphatic carbocycles. The summed E-state index contributed by atoms with van der Waals surface area (Å²) < 4.78 is 18.7. The molecule has 5 fully saturated rings. The lowest BCUT2D eigenvalue weighted by atomic mass is 9.43. The smallest absolute Gasteiger partial charge is 0.449 e. The third-order valence-corrected chi connectivity index (χ3v) is 11.5. The van der Waals surface area contributed by atoms with E-state index >= 15 is 0 Å². The molecule has 4 unspecified atom stereocenters. The molecule has 0 spiro atoms. The summed E-state index contributed by atoms with van der Waals surface area (Å²) in [4.78, 5) is 40.9. The summed E-state index contributed by atoms with van der Waals surface area (Å²) in [6, 6.07) is 15.1. The van der Waals surface area contributed by atoms with Crippen molar-refractivity contribution >= 4 is 25.0 Å². The second kappa shape index (κ2) is 11.4. The van der Waals surface area contributed by atoms with Gasteiger partial charge in [-0.05, 0) is 72.1 Å². The number of benzene rings is 2. The normalized spacial score (nSPS) is 29.7. The first-order chi connectivity index (χ1) is 21.6. The molecule has 6 aliphatic rings. The van der Waals surface area contributed by atoms with E-state index in [1.807, 2.05) is 36.4 Å². The Morgan fingerprint density at radius 2 is 1.76 bits per heavy atom. The van der Waals surface area contributed by atoms with Gasteiger partial charge in [-0.15, -0.1) is 0 Å². The van der Waals surface area contributed by atoms with E-state index in [4.69, 9.17) is 19.8 Å². The Morgan fingerprint density at radius 1 is 1.07 bits per heavy atom. The lowest BCUT2D eigenvalue weighted by Gasteiger charge is -2.64. The summed E-state index contributed by atoms with van der Waals surface area (Å²) in [6.45, 7) is 7.20. The van der Waals surface area contributed by atoms with Crippen LogP contribution in [0.25, 0.3) is 11.1 Å². The number of carbonyl (C=O) groups is 3. The van der Waals surface area contributed by atoms with Gasteiger partial charge in [0.25, 0.3) is 0 Å². The summed E-state index contributed by atoms with van der Waals surface area (Å²) in [5.74, 6) is 0.0543. The number of likely N-dealkylation sites (tertiary alicyclic amines) is 1. The van der Waals surface area contributed by atoms with Gasteiger partial charge in [0.2, 0.25) is 11.8 Å². The van der Waals surface area contributed by atoms with Gasteiger partial charge < -0.3 is 35.3 Å². The molecule has 3 amide bonds. The van der Waals surface area contributed by atoms with Gasteiger partial charge in [-0.3, -0.25) is 9.59 Å². The highest BCUT2D eigenvalue weighted by Crippen LogP contribution is 2.66. The third kappa shape index (κ3) is 5.03. The predicted molar refractivity (Wildman–Crippen MR) is 169 cm³/mol. The molecule has 2 aliphatic heterocycles. The van der Waals surface area contributed by atoms with Gasteiger partial charge >= 0.3 is 13.2 Å². The lowest BCUT2D eigenvalue weighted by molar-refractivity contribution is -0.199. The Balaban J connectivity index is 0.911. The molecule has 2 heterocycles. The van der Waals surface area contributed by atoms with E-state index in [0.717, 1.165) is 41.5 Å². The molecule has 3 saturated carbocycles. The molecule has 45 heavy (non-hydrogen) atoms. The largest absolute Gasteiger partial charge is 0.481 e. The molecule has 238 valence electrons. The van der Waals surface area contributed by atoms with Crippen LogP contribution < -0.4 is 16.4 Å². The van der Waals surface area contributed by atoms with Crippen LogP contribution >= 0.6 is 0 Å². The summed E-state index contributed by atoms with van der Waals surface area (Å²) in [5.41, 5.74) is 10.2. The van der Waals surface area contributed by atoms with Crippen molar-refractivity contribution in [1.82, 2.24) is 15.5 Å². The third-order valence-electron chi connectivity index (χ3n) is 11.5. The van der Waals surface area contributed by atoms with Gasteiger partial charge in [-0.1, -0.05) is 62.4 Å². The standard InChI is InChI=1S/C34H43BN4O6/c1-33(2)20-15-27(33)34(3)28(16-20)44-35(45-34)29-13-8-14-39(29)30(40)18-37-31(41)26(17-36)38-32(42)43-19-25-23-11-6-4-9-21(23)22-10-5-7-12-24(22)25/h4-7,9-12,20,25-29H,8,13-19,36H2,1-3H3,(H,37,41)(H,38,42)/t20-,26?,27-,28?,29?,34?/m1/s1. The molecular weight excluding hydrogens is 571 g/mol. The molecular formula is C34H43BN4O6. The SMILES string of the molecule is CC12OB(C3CCCN3C(=O)CNC(=O)C(CN)NC(=O)OCC3c4ccccc4-c4ccccc43)OC1C[C@H]1C[C@@H]2C1(C)C. The number of nitrogens with two attached hydrogens (primary N) is 1. The molecule has 6 atom stereocenters. The van der Waals surface area contributed by atoms with Crippen molar-refractivity contribution < 1.29 is 28.4 Å². The molecule has 2 saturated heterocycles. The van der Waals surface area contributed by atoms with Crippen molar-refractivity contribution in [3.63, 3.8) is 0 Å². The monoisotopic (exact) mass is 614 g/mol. The minimum absolute atomic E-state index is 0.0471. The Bertz CT molecular complexity index is 1460. The van der Waals surface area contributed by atoms with Gasteiger partial charge in [-0.2, -0.15) is 0 Å². The number of rotatable bonds is 8. The van der Waals surface area contributed by atoms with Crippen LogP contribution in [0.1, 0.15) is 63.5 Å². The van der Waals surface area contributed by atoms with Gasteiger partial charge in [0.1, 0.15) is 12.6 Å². The maximum atomic E-state index is 13.3. The molecule has 4 N–H and O–H groups in total. The maximum absolute atomic E-state index is 13.3. The number of carbonyl (C=O) groups excluding carboxylic acids is 3. The summed E-state index contributed by atoms with van der Waals surface area (Å²) >= 11 is 0. The zero-order chi connectivity index (χ0) is 31.5. The number of hydrogen-bond acceptors (Lipinski definition) is 7. The fourth-order valence-corrected chi connectivity index (χ4v) is 8.85. The average Bonchev–Trinajstić information content (AvgIpc) is 3.75. The summed E-state index contributed by atoms with van der Waals surface area (Å²) in [6.07, 6.45) is 3.11. The van der Waals surface area contributed by atoms with Crippen LogP contribution in [0.2, 0.25) is 0 Å². The number of alkyl carbamates (subject to hydrolysis) is 1. The van der Waals surface area contributed by atoms with E-state index in [1.54, 1.807) is 4.90 Å². The van der Waals surface area contributed by atoms with Gasteiger partial charge in [0, 0.05) is 19.0 Å². The maximum Gasteiger partial charge on any atom is 0.481 e. The first-order valence-electron chi connectivity index (χ1n) is 16.3. The molecule has 2 aromatic rings. The average molecular weight is 615 g/mol. The number of amides is 3. The quantitative estimate of drug-likeness (QED) is 0.389. The summed E-state index contributed by atoms with van der Waals surface area (Å²) in [5, 5.41) is 5.24. The fraction of sp³-hybridized carbons (Fsp3) is 0.559. The summed E-state index contributed by atoms with van der Waals surface area (Å²) in [7, 11) is -0.468. The number of nitrogens with zero attached hydrogens (tertiary/aromatic N) is 1. The Labute approximate surface area is 264 Å². The highest BCUT2D eigenvalue weighted by molar-refractivity contribution is 6.48. The first-order valence-corrected chi connectivity index (χ1v) is 16.3. The van der Waals surface area contributed by atoms with Crippen molar-refractivity contribution in [2.24, 2.45) is 23.0 Å². The van der Waals surface area contributed by atoms with Crippen molar-refractivity contribution in [2.45, 2.75) is 76.1 Å². The molecule has 10 nitrogen and oxygen atoms in total. The number of fused-ring (bicyclic) bond motifs is 3. The molecule has 2 aromatic carbocycles. The minimum atomic E-state index is -1.04. The van der Waals surface area contributed by atoms with E-state index in [-0.39, 0.29) is 54.6 Å². The highest BCUT2D eigenvalue weighted by Gasteiger charge is 2.69. The van der Waals surface area contributed by atoms with Crippen LogP contribution in [0.4, 0.5) is 4.79 Å². The Morgan fingerprint density at radius 3 is 2.42 bits per heavy atom. The molecule has 2 bridgehead atoms. The highest BCUT2D eigenvalue weighted by atomic mass is 16.7. The second-order valence-corrected chi connectivity index (χ2v) is 14.1. The van der Waals surface area contributed by atoms with Crippen molar-refractivity contribution in [3.05, 3.63) is 59.7 Å². The number of hydrogen-bond donors (Lipinski definition) is 3. The molecule has 0 aromatic heterocycles.